The number of carbonyl (C=O) groups excluding carboxylic acids is 6. The zero-order valence-electron chi connectivity index (χ0n) is 52.9. The second kappa shape index (κ2) is 36.4. The lowest BCUT2D eigenvalue weighted by atomic mass is 9.76. The molecule has 2 aromatic carbocycles. The molecule has 6 amide bonds. The third-order valence-corrected chi connectivity index (χ3v) is 19.5. The molecular formula is C59H90N8O21S5. The van der Waals surface area contributed by atoms with E-state index in [1.807, 2.05) is 49.3 Å². The Bertz CT molecular complexity index is 3670. The number of amides is 6. The van der Waals surface area contributed by atoms with Gasteiger partial charge in [-0.1, -0.05) is 96.2 Å². The molecule has 0 aromatic heterocycles. The van der Waals surface area contributed by atoms with Gasteiger partial charge in [0.2, 0.25) is 35.4 Å². The van der Waals surface area contributed by atoms with E-state index in [0.717, 1.165) is 31.2 Å². The molecular weight excluding hydrogens is 1320 g/mol. The van der Waals surface area contributed by atoms with E-state index in [2.05, 4.69) is 28.0 Å². The fourth-order valence-electron chi connectivity index (χ4n) is 10.4. The molecule has 13 N–H and O–H groups in total. The van der Waals surface area contributed by atoms with Crippen LogP contribution >= 0.6 is 0 Å². The van der Waals surface area contributed by atoms with E-state index in [1.165, 1.54) is 24.3 Å². The van der Waals surface area contributed by atoms with Gasteiger partial charge in [0, 0.05) is 61.1 Å². The van der Waals surface area contributed by atoms with Gasteiger partial charge < -0.3 is 31.5 Å². The van der Waals surface area contributed by atoms with Crippen LogP contribution in [0.1, 0.15) is 154 Å². The molecule has 1 aliphatic heterocycles. The van der Waals surface area contributed by atoms with Gasteiger partial charge in [0.1, 0.15) is 35.4 Å². The van der Waals surface area contributed by atoms with Gasteiger partial charge in [0.05, 0.1) is 9.79 Å². The Balaban J connectivity index is 1.85. The topological polar surface area (TPSA) is 476 Å². The van der Waals surface area contributed by atoms with E-state index in [-0.39, 0.29) is 48.9 Å². The van der Waals surface area contributed by atoms with E-state index < -0.39 is 132 Å². The summed E-state index contributed by atoms with van der Waals surface area (Å²) in [4.78, 5) is 79.1. The van der Waals surface area contributed by atoms with E-state index >= 15 is 0 Å². The maximum absolute atomic E-state index is 13.7. The van der Waals surface area contributed by atoms with Crippen molar-refractivity contribution in [3.8, 4) is 0 Å². The van der Waals surface area contributed by atoms with Crippen molar-refractivity contribution < 1.29 is 93.6 Å². The number of nitrogens with zero attached hydrogens (tertiary/aromatic N) is 1. The summed E-state index contributed by atoms with van der Waals surface area (Å²) in [6, 6.07) is 1.62. The number of nitrogens with two attached hydrogens (primary N) is 1. The Kier molecular flexibility index (Phi) is 31.6. The molecule has 93 heavy (non-hydrogen) atoms. The molecule has 1 aliphatic rings. The average Bonchev–Trinajstić information content (AvgIpc) is 1.59. The van der Waals surface area contributed by atoms with Gasteiger partial charge in [0.25, 0.3) is 50.6 Å². The number of unbranched alkanes of at least 4 members (excludes halogenated alkanes) is 9. The predicted octanol–water partition coefficient (Wildman–Crippen LogP) is 4.09. The first kappa shape index (κ1) is 80.8. The van der Waals surface area contributed by atoms with E-state index in [0.29, 0.717) is 92.5 Å². The number of hydrogen-bond acceptors (Lipinski definition) is 18. The van der Waals surface area contributed by atoms with Crippen molar-refractivity contribution in [3.63, 3.8) is 0 Å². The molecule has 4 atom stereocenters. The first-order valence-electron chi connectivity index (χ1n) is 30.2. The number of carbonyl (C=O) groups is 6. The van der Waals surface area contributed by atoms with Crippen molar-refractivity contribution >= 4 is 91.7 Å². The Labute approximate surface area is 545 Å². The number of hydrogen-bond donors (Lipinski definition) is 12. The van der Waals surface area contributed by atoms with Crippen LogP contribution in [0.2, 0.25) is 0 Å². The van der Waals surface area contributed by atoms with Crippen LogP contribution in [0, 0.1) is 6.92 Å². The van der Waals surface area contributed by atoms with Crippen molar-refractivity contribution in [1.82, 2.24) is 32.0 Å². The summed E-state index contributed by atoms with van der Waals surface area (Å²) in [5, 5.41) is 11.0. The van der Waals surface area contributed by atoms with Gasteiger partial charge in [-0.2, -0.15) is 42.1 Å². The third-order valence-electron chi connectivity index (χ3n) is 15.6. The number of benzene rings is 2. The fourth-order valence-corrected chi connectivity index (χ4v) is 13.4. The zero-order valence-corrected chi connectivity index (χ0v) is 57.0. The van der Waals surface area contributed by atoms with Crippen molar-refractivity contribution in [2.75, 3.05) is 41.8 Å². The minimum absolute atomic E-state index is 0.0478. The Morgan fingerprint density at radius 1 is 0.591 bits per heavy atom. The number of allylic oxidation sites excluding steroid dienone is 7. The molecule has 34 heteroatoms. The van der Waals surface area contributed by atoms with Crippen molar-refractivity contribution in [2.45, 2.75) is 183 Å². The molecule has 522 valence electrons. The molecule has 29 nitrogen and oxygen atoms in total. The monoisotopic (exact) mass is 1410 g/mol. The van der Waals surface area contributed by atoms with Crippen LogP contribution in [0.15, 0.2) is 94.4 Å². The standard InChI is InChI=1S/C59H90N8O21S5/c1-7-8-9-16-25-52(68)61-33-20-13-21-34-62-55(71)47(38-89(74,75)76)64-57(73)49(40-91(80,81)82)65-56(72)48(39-90(77,78)79)63-53(69)26-17-11-19-32-59(6)46-37-44(93(86,87)88)30-31-50(46)67(35-22-12-18-27-54(70)66-60)51(59)24-15-10-14-23-42(3)58(4,5)45-36-43(92(83,84)85)29-28-41(45)2/h10,14-15,23-24,28-31,36-37,47-49H,3,7-9,11-13,16-22,25-27,32-35,38-40,60H2,1-2,4-6H3,(H,61,68)(H,62,71)(H,63,69)(H,64,73)(H,65,72)(H,66,70)(H,74,75,76)(H,77,78,79)(H,80,81,82)(H,83,84,85)(H,86,87,88)/b15-10+,23-14+,51-24-. The van der Waals surface area contributed by atoms with Gasteiger partial charge in [-0.25, -0.2) is 5.84 Å². The molecule has 3 rings (SSSR count). The molecule has 0 saturated heterocycles. The zero-order chi connectivity index (χ0) is 70.2. The lowest BCUT2D eigenvalue weighted by Crippen LogP contribution is -2.60. The Hall–Kier alpha value is -6.47. The quantitative estimate of drug-likeness (QED) is 0.0111. The van der Waals surface area contributed by atoms with Crippen LogP contribution in [-0.2, 0) is 90.2 Å². The van der Waals surface area contributed by atoms with Gasteiger partial charge >= 0.3 is 0 Å². The number of anilines is 1. The smallest absolute Gasteiger partial charge is 0.294 e. The molecule has 2 aromatic rings. The first-order chi connectivity index (χ1) is 43.1. The van der Waals surface area contributed by atoms with E-state index in [9.17, 15) is 93.6 Å². The molecule has 0 bridgehead atoms. The number of rotatable bonds is 42. The minimum atomic E-state index is -5.24. The normalized spacial score (nSPS) is 16.2. The van der Waals surface area contributed by atoms with Crippen molar-refractivity contribution in [1.29, 1.82) is 0 Å². The van der Waals surface area contributed by atoms with Crippen molar-refractivity contribution in [2.24, 2.45) is 5.84 Å². The van der Waals surface area contributed by atoms with Crippen LogP contribution in [-0.4, -0.2) is 155 Å². The number of aryl methyl sites for hydroxylation is 1. The summed E-state index contributed by atoms with van der Waals surface area (Å²) in [6.07, 6.45) is 16.3. The van der Waals surface area contributed by atoms with Crippen LogP contribution in [0.3, 0.4) is 0 Å². The highest BCUT2D eigenvalue weighted by atomic mass is 32.2. The van der Waals surface area contributed by atoms with Gasteiger partial charge in [-0.15, -0.1) is 0 Å². The highest BCUT2D eigenvalue weighted by Gasteiger charge is 2.44. The minimum Gasteiger partial charge on any atom is -0.356 e. The second-order valence-corrected chi connectivity index (χ2v) is 30.8. The summed E-state index contributed by atoms with van der Waals surface area (Å²) in [5.74, 6) is -5.26. The summed E-state index contributed by atoms with van der Waals surface area (Å²) in [6.45, 7) is 14.2. The van der Waals surface area contributed by atoms with Crippen molar-refractivity contribution in [3.05, 3.63) is 101 Å². The summed E-state index contributed by atoms with van der Waals surface area (Å²) < 4.78 is 171. The average molecular weight is 1410 g/mol. The van der Waals surface area contributed by atoms with Gasteiger partial charge in [-0.3, -0.25) is 57.0 Å². The molecule has 0 radical (unpaired) electrons. The molecule has 0 spiro atoms. The second-order valence-electron chi connectivity index (χ2n) is 23.5. The highest BCUT2D eigenvalue weighted by molar-refractivity contribution is 7.86. The third kappa shape index (κ3) is 28.2. The van der Waals surface area contributed by atoms with Crippen LogP contribution in [0.4, 0.5) is 5.69 Å². The predicted molar refractivity (Wildman–Crippen MR) is 348 cm³/mol. The Morgan fingerprint density at radius 3 is 1.62 bits per heavy atom. The SMILES string of the molecule is C=C(/C=C/C=C/C=C1\N(CCCCCC(=O)NN)c2ccc(S(=O)(=O)O)cc2C1(C)CCCCCC(=O)NC(CS(=O)(=O)O)C(=O)NC(CS(=O)(=O)O)C(=O)NC(CS(=O)(=O)O)C(=O)NCCCCCNC(=O)CCCCCC)C(C)(C)c1cc(S(=O)(=O)O)ccc1C. The lowest BCUT2D eigenvalue weighted by molar-refractivity contribution is -0.132. The number of hydrazine groups is 1. The van der Waals surface area contributed by atoms with Gasteiger partial charge in [-0.05, 0) is 124 Å². The number of nitrogens with one attached hydrogen (secondary N) is 6. The lowest BCUT2D eigenvalue weighted by Gasteiger charge is -2.30. The van der Waals surface area contributed by atoms with Crippen LogP contribution in [0.5, 0.6) is 0 Å². The number of fused-ring (bicyclic) bond motifs is 1. The summed E-state index contributed by atoms with van der Waals surface area (Å²) in [7, 11) is -24.7. The molecule has 1 heterocycles. The van der Waals surface area contributed by atoms with Crippen LogP contribution in [0.25, 0.3) is 0 Å². The fraction of sp³-hybridized carbons (Fsp3) is 0.559. The largest absolute Gasteiger partial charge is 0.356 e. The maximum Gasteiger partial charge on any atom is 0.294 e. The van der Waals surface area contributed by atoms with E-state index in [1.54, 1.807) is 43.4 Å². The molecule has 0 fully saturated rings. The first-order valence-corrected chi connectivity index (χ1v) is 37.9. The summed E-state index contributed by atoms with van der Waals surface area (Å²) in [5.41, 5.74) is 3.98. The maximum atomic E-state index is 13.7. The van der Waals surface area contributed by atoms with Gasteiger partial charge in [0.15, 0.2) is 0 Å². The van der Waals surface area contributed by atoms with E-state index in [4.69, 9.17) is 5.84 Å². The summed E-state index contributed by atoms with van der Waals surface area (Å²) >= 11 is 0. The molecule has 4 unspecified atom stereocenters. The molecule has 0 saturated carbocycles. The highest BCUT2D eigenvalue weighted by Crippen LogP contribution is 2.51. The van der Waals surface area contributed by atoms with Crippen LogP contribution < -0.4 is 42.8 Å². The molecule has 0 aliphatic carbocycles. The Morgan fingerprint density at radius 2 is 1.08 bits per heavy atom.